The SMILES string of the molecule is COc1cc(-c2ccc(NCC(C)(C)C)nc2)cc(OC)c1OC. The van der Waals surface area contributed by atoms with Gasteiger partial charge < -0.3 is 19.5 Å². The van der Waals surface area contributed by atoms with Gasteiger partial charge in [-0.3, -0.25) is 0 Å². The van der Waals surface area contributed by atoms with E-state index in [0.717, 1.165) is 23.5 Å². The van der Waals surface area contributed by atoms with Gasteiger partial charge in [0.25, 0.3) is 0 Å². The van der Waals surface area contributed by atoms with Crippen molar-refractivity contribution in [2.75, 3.05) is 33.2 Å². The Labute approximate surface area is 144 Å². The summed E-state index contributed by atoms with van der Waals surface area (Å²) >= 11 is 0. The number of hydrogen-bond donors (Lipinski definition) is 1. The fourth-order valence-electron chi connectivity index (χ4n) is 2.27. The van der Waals surface area contributed by atoms with Crippen molar-refractivity contribution in [2.45, 2.75) is 20.8 Å². The Hall–Kier alpha value is -2.43. The second-order valence-corrected chi connectivity index (χ2v) is 6.76. The molecule has 0 saturated carbocycles. The molecule has 0 fully saturated rings. The van der Waals surface area contributed by atoms with Gasteiger partial charge in [-0.2, -0.15) is 0 Å². The third-order valence-corrected chi connectivity index (χ3v) is 3.56. The zero-order valence-electron chi connectivity index (χ0n) is 15.3. The first kappa shape index (κ1) is 17.9. The average molecular weight is 330 g/mol. The van der Waals surface area contributed by atoms with Crippen molar-refractivity contribution in [3.63, 3.8) is 0 Å². The minimum atomic E-state index is 0.205. The van der Waals surface area contributed by atoms with E-state index in [4.69, 9.17) is 14.2 Å². The molecule has 0 unspecified atom stereocenters. The third-order valence-electron chi connectivity index (χ3n) is 3.56. The molecule has 0 aliphatic rings. The molecule has 0 saturated heterocycles. The molecule has 0 bridgehead atoms. The Bertz CT molecular complexity index is 651. The van der Waals surface area contributed by atoms with Gasteiger partial charge in [0.2, 0.25) is 5.75 Å². The molecule has 130 valence electrons. The largest absolute Gasteiger partial charge is 0.493 e. The lowest BCUT2D eigenvalue weighted by atomic mass is 9.97. The van der Waals surface area contributed by atoms with E-state index >= 15 is 0 Å². The summed E-state index contributed by atoms with van der Waals surface area (Å²) < 4.78 is 16.2. The number of anilines is 1. The highest BCUT2D eigenvalue weighted by Crippen LogP contribution is 2.41. The van der Waals surface area contributed by atoms with Crippen LogP contribution in [0.2, 0.25) is 0 Å². The molecule has 5 heteroatoms. The van der Waals surface area contributed by atoms with Crippen LogP contribution in [0.15, 0.2) is 30.5 Å². The quantitative estimate of drug-likeness (QED) is 0.859. The highest BCUT2D eigenvalue weighted by Gasteiger charge is 2.14. The summed E-state index contributed by atoms with van der Waals surface area (Å²) in [6.45, 7) is 7.42. The van der Waals surface area contributed by atoms with Gasteiger partial charge in [-0.15, -0.1) is 0 Å². The van der Waals surface area contributed by atoms with Crippen LogP contribution >= 0.6 is 0 Å². The lowest BCUT2D eigenvalue weighted by Crippen LogP contribution is -2.19. The first-order valence-electron chi connectivity index (χ1n) is 7.88. The summed E-state index contributed by atoms with van der Waals surface area (Å²) in [5.41, 5.74) is 2.15. The highest BCUT2D eigenvalue weighted by molar-refractivity contribution is 5.71. The van der Waals surface area contributed by atoms with Crippen molar-refractivity contribution in [3.05, 3.63) is 30.5 Å². The van der Waals surface area contributed by atoms with Crippen LogP contribution in [0.5, 0.6) is 17.2 Å². The van der Waals surface area contributed by atoms with Crippen LogP contribution in [0.3, 0.4) is 0 Å². The summed E-state index contributed by atoms with van der Waals surface area (Å²) in [5, 5.41) is 3.35. The molecule has 1 N–H and O–H groups in total. The Kier molecular flexibility index (Phi) is 5.54. The summed E-state index contributed by atoms with van der Waals surface area (Å²) in [7, 11) is 4.81. The summed E-state index contributed by atoms with van der Waals surface area (Å²) in [5.74, 6) is 2.70. The Balaban J connectivity index is 2.28. The maximum atomic E-state index is 5.40. The molecule has 5 nitrogen and oxygen atoms in total. The normalized spacial score (nSPS) is 11.1. The van der Waals surface area contributed by atoms with Gasteiger partial charge in [0.05, 0.1) is 21.3 Å². The zero-order chi connectivity index (χ0) is 17.7. The molecular weight excluding hydrogens is 304 g/mol. The maximum Gasteiger partial charge on any atom is 0.203 e. The first-order chi connectivity index (χ1) is 11.4. The number of aromatic nitrogens is 1. The van der Waals surface area contributed by atoms with Gasteiger partial charge in [0.1, 0.15) is 5.82 Å². The van der Waals surface area contributed by atoms with E-state index in [0.29, 0.717) is 17.2 Å². The van der Waals surface area contributed by atoms with Crippen LogP contribution in [0.25, 0.3) is 11.1 Å². The molecule has 1 aromatic heterocycles. The molecule has 0 atom stereocenters. The molecule has 1 aromatic carbocycles. The summed E-state index contributed by atoms with van der Waals surface area (Å²) in [4.78, 5) is 4.49. The van der Waals surface area contributed by atoms with E-state index in [2.05, 4.69) is 31.1 Å². The molecule has 0 amide bonds. The average Bonchev–Trinajstić information content (AvgIpc) is 2.58. The Morgan fingerprint density at radius 2 is 1.54 bits per heavy atom. The maximum absolute atomic E-state index is 5.40. The molecule has 2 aromatic rings. The summed E-state index contributed by atoms with van der Waals surface area (Å²) in [6.07, 6.45) is 1.84. The number of ether oxygens (including phenoxy) is 3. The first-order valence-corrected chi connectivity index (χ1v) is 7.88. The minimum Gasteiger partial charge on any atom is -0.493 e. The predicted octanol–water partition coefficient (Wildman–Crippen LogP) is 4.23. The van der Waals surface area contributed by atoms with Crippen molar-refractivity contribution in [1.82, 2.24) is 4.98 Å². The smallest absolute Gasteiger partial charge is 0.203 e. The fraction of sp³-hybridized carbons (Fsp3) is 0.421. The molecule has 0 aliphatic heterocycles. The lowest BCUT2D eigenvalue weighted by molar-refractivity contribution is 0.324. The molecule has 2 rings (SSSR count). The van der Waals surface area contributed by atoms with E-state index in [1.165, 1.54) is 0 Å². The number of pyridine rings is 1. The topological polar surface area (TPSA) is 52.6 Å². The number of rotatable bonds is 6. The van der Waals surface area contributed by atoms with Crippen molar-refractivity contribution in [2.24, 2.45) is 5.41 Å². The summed E-state index contributed by atoms with van der Waals surface area (Å²) in [6, 6.07) is 7.84. The van der Waals surface area contributed by atoms with Crippen molar-refractivity contribution >= 4 is 5.82 Å². The molecule has 24 heavy (non-hydrogen) atoms. The van der Waals surface area contributed by atoms with Crippen molar-refractivity contribution in [1.29, 1.82) is 0 Å². The number of methoxy groups -OCH3 is 3. The Morgan fingerprint density at radius 3 is 1.96 bits per heavy atom. The minimum absolute atomic E-state index is 0.205. The second-order valence-electron chi connectivity index (χ2n) is 6.76. The van der Waals surface area contributed by atoms with Crippen molar-refractivity contribution < 1.29 is 14.2 Å². The lowest BCUT2D eigenvalue weighted by Gasteiger charge is -2.19. The van der Waals surface area contributed by atoms with Gasteiger partial charge >= 0.3 is 0 Å². The fourth-order valence-corrected chi connectivity index (χ4v) is 2.27. The van der Waals surface area contributed by atoms with Crippen LogP contribution in [-0.4, -0.2) is 32.9 Å². The standard InChI is InChI=1S/C19H26N2O3/c1-19(2,3)12-21-17-8-7-13(11-20-17)14-9-15(22-4)18(24-6)16(10-14)23-5/h7-11H,12H2,1-6H3,(H,20,21). The molecule has 1 heterocycles. The van der Waals surface area contributed by atoms with E-state index in [1.807, 2.05) is 30.5 Å². The van der Waals surface area contributed by atoms with Crippen molar-refractivity contribution in [3.8, 4) is 28.4 Å². The van der Waals surface area contributed by atoms with Gasteiger partial charge in [0, 0.05) is 18.3 Å². The monoisotopic (exact) mass is 330 g/mol. The van der Waals surface area contributed by atoms with E-state index < -0.39 is 0 Å². The van der Waals surface area contributed by atoms with Crippen LogP contribution in [0.4, 0.5) is 5.82 Å². The van der Waals surface area contributed by atoms with E-state index in [-0.39, 0.29) is 5.41 Å². The number of hydrogen-bond acceptors (Lipinski definition) is 5. The highest BCUT2D eigenvalue weighted by atomic mass is 16.5. The molecule has 0 radical (unpaired) electrons. The van der Waals surface area contributed by atoms with E-state index in [9.17, 15) is 0 Å². The van der Waals surface area contributed by atoms with Crippen LogP contribution in [0.1, 0.15) is 20.8 Å². The van der Waals surface area contributed by atoms with Crippen LogP contribution in [0, 0.1) is 5.41 Å². The van der Waals surface area contributed by atoms with Gasteiger partial charge in [-0.25, -0.2) is 4.98 Å². The van der Waals surface area contributed by atoms with Gasteiger partial charge in [0.15, 0.2) is 11.5 Å². The number of nitrogens with one attached hydrogen (secondary N) is 1. The number of benzene rings is 1. The third kappa shape index (κ3) is 4.31. The molecule has 0 aliphatic carbocycles. The van der Waals surface area contributed by atoms with Gasteiger partial charge in [-0.1, -0.05) is 20.8 Å². The zero-order valence-corrected chi connectivity index (χ0v) is 15.3. The van der Waals surface area contributed by atoms with E-state index in [1.54, 1.807) is 21.3 Å². The van der Waals surface area contributed by atoms with Crippen LogP contribution in [-0.2, 0) is 0 Å². The second kappa shape index (κ2) is 7.43. The predicted molar refractivity (Wildman–Crippen MR) is 97.3 cm³/mol. The number of nitrogens with zero attached hydrogens (tertiary/aromatic N) is 1. The molecule has 0 spiro atoms. The van der Waals surface area contributed by atoms with Gasteiger partial charge in [-0.05, 0) is 35.2 Å². The molecular formula is C19H26N2O3. The Morgan fingerprint density at radius 1 is 0.917 bits per heavy atom. The van der Waals surface area contributed by atoms with Crippen LogP contribution < -0.4 is 19.5 Å².